The van der Waals surface area contributed by atoms with E-state index >= 15 is 0 Å². The molecule has 2 amide bonds. The number of nitrogens with two attached hydrogens (primary N) is 1. The van der Waals surface area contributed by atoms with E-state index in [0.29, 0.717) is 40.7 Å². The largest absolute Gasteiger partial charge is 0.330 e. The van der Waals surface area contributed by atoms with Gasteiger partial charge in [0.2, 0.25) is 5.91 Å². The Morgan fingerprint density at radius 1 is 1.23 bits per heavy atom. The van der Waals surface area contributed by atoms with E-state index in [4.69, 9.17) is 17.3 Å². The molecule has 0 saturated carbocycles. The third-order valence-corrected chi connectivity index (χ3v) is 4.05. The SMILES string of the molecule is NCCCC(=O)Nc1ccc(Cl)c(NC(=O)c2cccs2)c1. The first kappa shape index (κ1) is 16.5. The van der Waals surface area contributed by atoms with Crippen LogP contribution in [-0.2, 0) is 4.79 Å². The maximum absolute atomic E-state index is 12.0. The smallest absolute Gasteiger partial charge is 0.265 e. The first-order valence-electron chi connectivity index (χ1n) is 6.74. The first-order valence-corrected chi connectivity index (χ1v) is 8.00. The van der Waals surface area contributed by atoms with Gasteiger partial charge in [-0.2, -0.15) is 0 Å². The van der Waals surface area contributed by atoms with Crippen molar-refractivity contribution in [1.82, 2.24) is 0 Å². The van der Waals surface area contributed by atoms with Gasteiger partial charge in [0.15, 0.2) is 0 Å². The Bertz CT molecular complexity index is 659. The molecule has 5 nitrogen and oxygen atoms in total. The lowest BCUT2D eigenvalue weighted by molar-refractivity contribution is -0.116. The van der Waals surface area contributed by atoms with E-state index in [-0.39, 0.29) is 11.8 Å². The zero-order chi connectivity index (χ0) is 15.9. The summed E-state index contributed by atoms with van der Waals surface area (Å²) < 4.78 is 0. The van der Waals surface area contributed by atoms with Crippen molar-refractivity contribution in [2.45, 2.75) is 12.8 Å². The van der Waals surface area contributed by atoms with Crippen LogP contribution in [0.1, 0.15) is 22.5 Å². The summed E-state index contributed by atoms with van der Waals surface area (Å²) in [5.74, 6) is -0.355. The number of nitrogens with one attached hydrogen (secondary N) is 2. The molecule has 0 aliphatic heterocycles. The van der Waals surface area contributed by atoms with Crippen LogP contribution in [-0.4, -0.2) is 18.4 Å². The Balaban J connectivity index is 2.06. The molecule has 116 valence electrons. The fourth-order valence-corrected chi connectivity index (χ4v) is 2.56. The number of carbonyl (C=O) groups excluding carboxylic acids is 2. The van der Waals surface area contributed by atoms with Crippen LogP contribution >= 0.6 is 22.9 Å². The highest BCUT2D eigenvalue weighted by atomic mass is 35.5. The van der Waals surface area contributed by atoms with Crippen molar-refractivity contribution in [1.29, 1.82) is 0 Å². The number of benzene rings is 1. The average molecular weight is 338 g/mol. The standard InChI is InChI=1S/C15H16ClN3O2S/c16-11-6-5-10(18-14(20)4-1-7-17)9-12(11)19-15(21)13-3-2-8-22-13/h2-3,5-6,8-9H,1,4,7,17H2,(H,18,20)(H,19,21). The zero-order valence-corrected chi connectivity index (χ0v) is 13.3. The van der Waals surface area contributed by atoms with E-state index in [1.807, 2.05) is 5.38 Å². The van der Waals surface area contributed by atoms with Crippen LogP contribution in [0.2, 0.25) is 5.02 Å². The lowest BCUT2D eigenvalue weighted by Crippen LogP contribution is -2.14. The molecule has 0 bridgehead atoms. The Labute approximate surface area is 137 Å². The fraction of sp³-hybridized carbons (Fsp3) is 0.200. The van der Waals surface area contributed by atoms with Crippen molar-refractivity contribution < 1.29 is 9.59 Å². The van der Waals surface area contributed by atoms with Crippen LogP contribution in [0.25, 0.3) is 0 Å². The summed E-state index contributed by atoms with van der Waals surface area (Å²) in [7, 11) is 0. The average Bonchev–Trinajstić information content (AvgIpc) is 3.03. The third-order valence-electron chi connectivity index (χ3n) is 2.85. The van der Waals surface area contributed by atoms with Crippen LogP contribution in [0, 0.1) is 0 Å². The minimum absolute atomic E-state index is 0.122. The van der Waals surface area contributed by atoms with Crippen LogP contribution in [0.5, 0.6) is 0 Å². The number of thiophene rings is 1. The van der Waals surface area contributed by atoms with Crippen LogP contribution in [0.4, 0.5) is 11.4 Å². The van der Waals surface area contributed by atoms with E-state index in [9.17, 15) is 9.59 Å². The van der Waals surface area contributed by atoms with Gasteiger partial charge in [0.05, 0.1) is 15.6 Å². The molecule has 1 aromatic carbocycles. The molecule has 22 heavy (non-hydrogen) atoms. The number of rotatable bonds is 6. The Morgan fingerprint density at radius 3 is 2.73 bits per heavy atom. The number of anilines is 2. The highest BCUT2D eigenvalue weighted by Gasteiger charge is 2.11. The lowest BCUT2D eigenvalue weighted by Gasteiger charge is -2.10. The zero-order valence-electron chi connectivity index (χ0n) is 11.8. The van der Waals surface area contributed by atoms with Gasteiger partial charge in [0.25, 0.3) is 5.91 Å². The van der Waals surface area contributed by atoms with Crippen molar-refractivity contribution in [2.24, 2.45) is 5.73 Å². The second kappa shape index (κ2) is 7.93. The predicted octanol–water partition coefficient (Wildman–Crippen LogP) is 3.33. The van der Waals surface area contributed by atoms with E-state index in [1.54, 1.807) is 30.3 Å². The molecule has 0 aliphatic rings. The number of hydrogen-bond acceptors (Lipinski definition) is 4. The number of hydrogen-bond donors (Lipinski definition) is 3. The summed E-state index contributed by atoms with van der Waals surface area (Å²) in [5, 5.41) is 7.72. The minimum atomic E-state index is -0.233. The molecular weight excluding hydrogens is 322 g/mol. The van der Waals surface area contributed by atoms with E-state index in [0.717, 1.165) is 0 Å². The van der Waals surface area contributed by atoms with Gasteiger partial charge >= 0.3 is 0 Å². The molecule has 0 fully saturated rings. The van der Waals surface area contributed by atoms with E-state index in [2.05, 4.69) is 10.6 Å². The summed E-state index contributed by atoms with van der Waals surface area (Å²) in [6.45, 7) is 0.468. The number of amides is 2. The maximum atomic E-state index is 12.0. The maximum Gasteiger partial charge on any atom is 0.265 e. The molecule has 4 N–H and O–H groups in total. The van der Waals surface area contributed by atoms with Crippen molar-refractivity contribution in [3.63, 3.8) is 0 Å². The molecule has 0 saturated heterocycles. The van der Waals surface area contributed by atoms with Gasteiger partial charge in [0, 0.05) is 12.1 Å². The summed E-state index contributed by atoms with van der Waals surface area (Å²) in [5.41, 5.74) is 6.40. The molecule has 1 aromatic heterocycles. The monoisotopic (exact) mass is 337 g/mol. The quantitative estimate of drug-likeness (QED) is 0.755. The highest BCUT2D eigenvalue weighted by molar-refractivity contribution is 7.12. The Hall–Kier alpha value is -1.89. The number of carbonyl (C=O) groups is 2. The van der Waals surface area contributed by atoms with Gasteiger partial charge in [-0.3, -0.25) is 9.59 Å². The summed E-state index contributed by atoms with van der Waals surface area (Å²) in [6.07, 6.45) is 0.984. The molecular formula is C15H16ClN3O2S. The Morgan fingerprint density at radius 2 is 2.05 bits per heavy atom. The second-order valence-electron chi connectivity index (χ2n) is 4.57. The van der Waals surface area contributed by atoms with Gasteiger partial charge in [-0.1, -0.05) is 17.7 Å². The van der Waals surface area contributed by atoms with Crippen molar-refractivity contribution in [3.8, 4) is 0 Å². The first-order chi connectivity index (χ1) is 10.6. The number of halogens is 1. The third kappa shape index (κ3) is 4.56. The lowest BCUT2D eigenvalue weighted by atomic mass is 10.2. The van der Waals surface area contributed by atoms with Crippen molar-refractivity contribution >= 4 is 46.1 Å². The molecule has 0 unspecified atom stereocenters. The van der Waals surface area contributed by atoms with Gasteiger partial charge in [-0.15, -0.1) is 11.3 Å². The fourth-order valence-electron chi connectivity index (χ4n) is 1.78. The van der Waals surface area contributed by atoms with Crippen LogP contribution < -0.4 is 16.4 Å². The Kier molecular flexibility index (Phi) is 5.94. The molecule has 0 spiro atoms. The van der Waals surface area contributed by atoms with E-state index in [1.165, 1.54) is 11.3 Å². The van der Waals surface area contributed by atoms with Gasteiger partial charge < -0.3 is 16.4 Å². The molecule has 7 heteroatoms. The van der Waals surface area contributed by atoms with Crippen molar-refractivity contribution in [2.75, 3.05) is 17.2 Å². The second-order valence-corrected chi connectivity index (χ2v) is 5.92. The summed E-state index contributed by atoms with van der Waals surface area (Å²) in [4.78, 5) is 24.3. The van der Waals surface area contributed by atoms with Gasteiger partial charge in [0.1, 0.15) is 0 Å². The topological polar surface area (TPSA) is 84.2 Å². The van der Waals surface area contributed by atoms with Crippen LogP contribution in [0.3, 0.4) is 0 Å². The van der Waals surface area contributed by atoms with Gasteiger partial charge in [-0.05, 0) is 42.6 Å². The molecule has 0 radical (unpaired) electrons. The molecule has 2 rings (SSSR count). The molecule has 1 heterocycles. The summed E-state index contributed by atoms with van der Waals surface area (Å²) in [6, 6.07) is 8.48. The molecule has 0 atom stereocenters. The van der Waals surface area contributed by atoms with Crippen LogP contribution in [0.15, 0.2) is 35.7 Å². The molecule has 0 aliphatic carbocycles. The van der Waals surface area contributed by atoms with Gasteiger partial charge in [-0.25, -0.2) is 0 Å². The predicted molar refractivity (Wildman–Crippen MR) is 90.6 cm³/mol. The minimum Gasteiger partial charge on any atom is -0.330 e. The highest BCUT2D eigenvalue weighted by Crippen LogP contribution is 2.26. The normalized spacial score (nSPS) is 10.3. The summed E-state index contributed by atoms with van der Waals surface area (Å²) >= 11 is 7.42. The molecule has 2 aromatic rings. The van der Waals surface area contributed by atoms with E-state index < -0.39 is 0 Å². The van der Waals surface area contributed by atoms with Crippen molar-refractivity contribution in [3.05, 3.63) is 45.6 Å².